The summed E-state index contributed by atoms with van der Waals surface area (Å²) in [5.74, 6) is -0.668. The molecule has 0 heterocycles. The molecule has 0 aliphatic heterocycles. The van der Waals surface area contributed by atoms with Gasteiger partial charge in [0.05, 0.1) is 0 Å². The molecule has 3 heteroatoms. The van der Waals surface area contributed by atoms with E-state index in [1.807, 2.05) is 0 Å². The molecule has 0 aliphatic carbocycles. The molecule has 0 unspecified atom stereocenters. The summed E-state index contributed by atoms with van der Waals surface area (Å²) in [6.45, 7) is 3.38. The van der Waals surface area contributed by atoms with Gasteiger partial charge in [0, 0.05) is 0 Å². The van der Waals surface area contributed by atoms with Crippen LogP contribution in [0.15, 0.2) is 24.8 Å². The van der Waals surface area contributed by atoms with Gasteiger partial charge in [-0.15, -0.1) is 0 Å². The van der Waals surface area contributed by atoms with Crippen LogP contribution < -0.4 is 0 Å². The van der Waals surface area contributed by atoms with E-state index in [0.717, 1.165) is 0 Å². The van der Waals surface area contributed by atoms with Gasteiger partial charge in [0.15, 0.2) is 0 Å². The molecule has 0 atom stereocenters. The first-order valence-electron chi connectivity index (χ1n) is 2.45. The van der Waals surface area contributed by atoms with E-state index in [9.17, 15) is 4.79 Å². The quantitative estimate of drug-likeness (QED) is 0.359. The minimum atomic E-state index is -0.668. The topological polar surface area (TPSA) is 40.9 Å². The third-order valence-electron chi connectivity index (χ3n) is 0.673. The molecule has 0 rings (SSSR count). The number of rotatable bonds is 3. The van der Waals surface area contributed by atoms with E-state index in [1.165, 1.54) is 24.3 Å². The van der Waals surface area contributed by atoms with Gasteiger partial charge in [-0.05, 0) is 0 Å². The Balaban J connectivity index is 4.14. The normalized spacial score (nSPS) is 8.90. The van der Waals surface area contributed by atoms with Crippen LogP contribution in [0.25, 0.3) is 0 Å². The van der Waals surface area contributed by atoms with Crippen LogP contribution >= 0.6 is 0 Å². The fourth-order valence-corrected chi connectivity index (χ4v) is 0.422. The monoisotopic (exact) mass is 177 g/mol. The van der Waals surface area contributed by atoms with Crippen LogP contribution in [-0.2, 0) is 19.8 Å². The summed E-state index contributed by atoms with van der Waals surface area (Å²) < 4.78 is 0.0578. The zero-order valence-corrected chi connectivity index (χ0v) is 6.10. The zero-order chi connectivity index (χ0) is 7.98. The first-order chi connectivity index (χ1) is 4.72. The van der Waals surface area contributed by atoms with Gasteiger partial charge < -0.3 is 0 Å². The van der Waals surface area contributed by atoms with E-state index in [1.54, 1.807) is 0 Å². The fourth-order valence-electron chi connectivity index (χ4n) is 0.272. The third kappa shape index (κ3) is 3.11. The molecule has 0 aliphatic rings. The number of nitriles is 1. The Labute approximate surface area is 66.8 Å². The van der Waals surface area contributed by atoms with Gasteiger partial charge in [-0.2, -0.15) is 0 Å². The zero-order valence-electron chi connectivity index (χ0n) is 5.11. The molecule has 0 aromatic carbocycles. The van der Waals surface area contributed by atoms with Gasteiger partial charge in [-0.3, -0.25) is 0 Å². The second-order valence-electron chi connectivity index (χ2n) is 1.35. The number of ketones is 1. The molecule has 10 heavy (non-hydrogen) atoms. The molecule has 0 saturated carbocycles. The van der Waals surface area contributed by atoms with Crippen molar-refractivity contribution in [3.8, 4) is 6.07 Å². The molecule has 0 N–H and O–H groups in total. The van der Waals surface area contributed by atoms with Crippen LogP contribution in [0, 0.1) is 11.3 Å². The van der Waals surface area contributed by atoms with Gasteiger partial charge in [0.2, 0.25) is 0 Å². The molecule has 0 amide bonds. The van der Waals surface area contributed by atoms with Crippen molar-refractivity contribution in [3.63, 3.8) is 0 Å². The van der Waals surface area contributed by atoms with E-state index < -0.39 is 5.78 Å². The summed E-state index contributed by atoms with van der Waals surface area (Å²) in [6, 6.07) is 1.42. The Hall–Kier alpha value is -0.996. The second-order valence-corrected chi connectivity index (χ2v) is 1.88. The molecule has 54 valence electrons. The van der Waals surface area contributed by atoms with Crippen LogP contribution in [-0.4, -0.2) is 10.3 Å². The van der Waals surface area contributed by atoms with Gasteiger partial charge in [-0.1, -0.05) is 0 Å². The van der Waals surface area contributed by atoms with Crippen molar-refractivity contribution in [3.05, 3.63) is 24.8 Å². The Morgan fingerprint density at radius 2 is 2.30 bits per heavy atom. The van der Waals surface area contributed by atoms with Crippen molar-refractivity contribution in [1.29, 1.82) is 5.26 Å². The molecule has 0 radical (unpaired) electrons. The van der Waals surface area contributed by atoms with Gasteiger partial charge in [-0.25, -0.2) is 0 Å². The van der Waals surface area contributed by atoms with Gasteiger partial charge >= 0.3 is 66.2 Å². The number of carbonyl (C=O) groups excluding carboxylic acids is 1. The predicted molar refractivity (Wildman–Crippen MR) is 35.0 cm³/mol. The van der Waals surface area contributed by atoms with Gasteiger partial charge in [0.25, 0.3) is 0 Å². The summed E-state index contributed by atoms with van der Waals surface area (Å²) in [5.41, 5.74) is 0. The average Bonchev–Trinajstić information content (AvgIpc) is 1.98. The molecule has 0 bridgehead atoms. The van der Waals surface area contributed by atoms with Crippen LogP contribution in [0.1, 0.15) is 0 Å². The van der Waals surface area contributed by atoms with Crippen molar-refractivity contribution >= 4 is 10.3 Å². The summed E-state index contributed by atoms with van der Waals surface area (Å²) in [5, 5.41) is 8.06. The molecular formula is C7H5NNiO. The Morgan fingerprint density at radius 3 is 2.70 bits per heavy atom. The number of carbonyl (C=O) groups is 1. The maximum atomic E-state index is 10.4. The number of nitrogens with zero attached hydrogens (tertiary/aromatic N) is 1. The van der Waals surface area contributed by atoms with Crippen LogP contribution in [0.5, 0.6) is 0 Å². The molecule has 0 spiro atoms. The Bertz CT molecular complexity index is 234. The Morgan fingerprint density at radius 1 is 1.70 bits per heavy atom. The molecule has 0 aromatic rings. The fraction of sp³-hybridized carbons (Fsp3) is 0. The van der Waals surface area contributed by atoms with Crippen molar-refractivity contribution < 1.29 is 19.8 Å². The van der Waals surface area contributed by atoms with Crippen molar-refractivity contribution in [2.45, 2.75) is 0 Å². The van der Waals surface area contributed by atoms with Crippen LogP contribution in [0.3, 0.4) is 0 Å². The number of allylic oxidation sites excluding steroid dienone is 3. The maximum absolute atomic E-state index is 10.4. The standard InChI is InChI=1S/C7H5NO.Ni/c1-2-3-4-5-7(9)6-8;/h2-4H,1H2;/b4-3-;. The molecular weight excluding hydrogens is 173 g/mol. The predicted octanol–water partition coefficient (Wildman–Crippen LogP) is 0.540. The van der Waals surface area contributed by atoms with Crippen molar-refractivity contribution in [2.24, 2.45) is 0 Å². The minimum absolute atomic E-state index is 0.0578. The van der Waals surface area contributed by atoms with E-state index >= 15 is 0 Å². The molecule has 2 nitrogen and oxygen atoms in total. The summed E-state index contributed by atoms with van der Waals surface area (Å²) in [6.07, 6.45) is 4.40. The molecule has 0 aromatic heterocycles. The number of hydrogen-bond acceptors (Lipinski definition) is 2. The average molecular weight is 178 g/mol. The van der Waals surface area contributed by atoms with Gasteiger partial charge in [0.1, 0.15) is 0 Å². The molecule has 0 saturated heterocycles. The Kier molecular flexibility index (Phi) is 4.36. The molecule has 0 fully saturated rings. The summed E-state index contributed by atoms with van der Waals surface area (Å²) >= 11 is 4.24. The van der Waals surface area contributed by atoms with Crippen molar-refractivity contribution in [2.75, 3.05) is 0 Å². The third-order valence-corrected chi connectivity index (χ3v) is 1.06. The van der Waals surface area contributed by atoms with E-state index in [2.05, 4.69) is 21.6 Å². The first kappa shape index (κ1) is 9.00. The number of hydrogen-bond donors (Lipinski definition) is 0. The van der Waals surface area contributed by atoms with Crippen LogP contribution in [0.2, 0.25) is 0 Å². The second kappa shape index (κ2) is 4.84. The SMILES string of the molecule is C=C/C=C\[C](=[Ni])C(=O)C#N. The van der Waals surface area contributed by atoms with E-state index in [-0.39, 0.29) is 4.49 Å². The summed E-state index contributed by atoms with van der Waals surface area (Å²) in [7, 11) is 0. The van der Waals surface area contributed by atoms with Crippen LogP contribution in [0.4, 0.5) is 0 Å². The van der Waals surface area contributed by atoms with E-state index in [0.29, 0.717) is 0 Å². The summed E-state index contributed by atoms with van der Waals surface area (Å²) in [4.78, 5) is 10.4. The first-order valence-corrected chi connectivity index (χ1v) is 2.94. The number of Topliss-reactive ketones (excluding diaryl/α,β-unsaturated/α-hetero) is 1. The van der Waals surface area contributed by atoms with E-state index in [4.69, 9.17) is 5.26 Å². The van der Waals surface area contributed by atoms with Crippen molar-refractivity contribution in [1.82, 2.24) is 0 Å².